The molecule has 0 aromatic heterocycles. The number of allylic oxidation sites excluding steroid dienone is 1. The molecule has 1 amide bonds. The normalized spacial score (nSPS) is 11.8. The van der Waals surface area contributed by atoms with Crippen LogP contribution >= 0.6 is 11.6 Å². The summed E-state index contributed by atoms with van der Waals surface area (Å²) in [5.74, 6) is -0.281. The first kappa shape index (κ1) is 20.5. The van der Waals surface area contributed by atoms with Gasteiger partial charge in [0, 0.05) is 17.8 Å². The molecule has 27 heavy (non-hydrogen) atoms. The lowest BCUT2D eigenvalue weighted by Gasteiger charge is -2.15. The van der Waals surface area contributed by atoms with Crippen molar-refractivity contribution >= 4 is 34.6 Å². The molecule has 0 atom stereocenters. The fourth-order valence-electron chi connectivity index (χ4n) is 2.19. The third-order valence-corrected chi connectivity index (χ3v) is 3.86. The molecule has 2 aromatic rings. The van der Waals surface area contributed by atoms with Crippen molar-refractivity contribution in [2.75, 3.05) is 11.9 Å². The monoisotopic (exact) mass is 395 g/mol. The number of hydrogen-bond donors (Lipinski definition) is 3. The highest BCUT2D eigenvalue weighted by Gasteiger charge is 2.33. The van der Waals surface area contributed by atoms with Crippen LogP contribution in [0, 0.1) is 5.41 Å². The Morgan fingerprint density at radius 3 is 2.26 bits per heavy atom. The minimum absolute atomic E-state index is 0.0351. The van der Waals surface area contributed by atoms with E-state index in [1.165, 1.54) is 24.3 Å². The van der Waals surface area contributed by atoms with Gasteiger partial charge in [-0.2, -0.15) is 13.2 Å². The zero-order valence-electron chi connectivity index (χ0n) is 14.3. The van der Waals surface area contributed by atoms with Crippen molar-refractivity contribution in [3.05, 3.63) is 70.8 Å². The number of para-hydroxylation sites is 1. The topological polar surface area (TPSA) is 65.0 Å². The highest BCUT2D eigenvalue weighted by atomic mass is 35.5. The van der Waals surface area contributed by atoms with E-state index < -0.39 is 11.9 Å². The van der Waals surface area contributed by atoms with Crippen molar-refractivity contribution in [2.45, 2.75) is 13.1 Å². The van der Waals surface area contributed by atoms with Crippen LogP contribution in [0.5, 0.6) is 0 Å². The molecule has 0 saturated carbocycles. The van der Waals surface area contributed by atoms with Gasteiger partial charge in [0.25, 0.3) is 5.91 Å². The van der Waals surface area contributed by atoms with E-state index >= 15 is 0 Å². The highest BCUT2D eigenvalue weighted by molar-refractivity contribution is 6.33. The predicted octanol–water partition coefficient (Wildman–Crippen LogP) is 5.12. The molecule has 2 rings (SSSR count). The Kier molecular flexibility index (Phi) is 6.63. The summed E-state index contributed by atoms with van der Waals surface area (Å²) >= 11 is 6.07. The van der Waals surface area contributed by atoms with Crippen molar-refractivity contribution in [3.63, 3.8) is 0 Å². The Balaban J connectivity index is 2.40. The van der Waals surface area contributed by atoms with Crippen LogP contribution in [0.4, 0.5) is 18.9 Å². The first-order valence-corrected chi connectivity index (χ1v) is 8.37. The second-order valence-corrected chi connectivity index (χ2v) is 5.92. The minimum atomic E-state index is -4.78. The quantitative estimate of drug-likeness (QED) is 0.594. The van der Waals surface area contributed by atoms with Crippen LogP contribution in [0.15, 0.2) is 54.6 Å². The summed E-state index contributed by atoms with van der Waals surface area (Å²) in [5, 5.41) is 13.1. The molecule has 0 radical (unpaired) electrons. The van der Waals surface area contributed by atoms with E-state index in [2.05, 4.69) is 10.6 Å². The number of amides is 1. The summed E-state index contributed by atoms with van der Waals surface area (Å²) < 4.78 is 38.5. The molecule has 0 aliphatic heterocycles. The van der Waals surface area contributed by atoms with Crippen molar-refractivity contribution in [1.82, 2.24) is 5.32 Å². The Morgan fingerprint density at radius 1 is 1.11 bits per heavy atom. The van der Waals surface area contributed by atoms with Gasteiger partial charge in [-0.05, 0) is 42.8 Å². The van der Waals surface area contributed by atoms with Crippen LogP contribution in [-0.4, -0.2) is 24.3 Å². The molecule has 142 valence electrons. The lowest BCUT2D eigenvalue weighted by atomic mass is 10.1. The maximum atomic E-state index is 12.8. The molecule has 0 fully saturated rings. The Hall–Kier alpha value is -2.80. The fraction of sp³-hybridized carbons (Fsp3) is 0.158. The number of alkyl halides is 3. The number of nitrogens with one attached hydrogen (secondary N) is 3. The SMILES string of the molecule is CCNC(=O)c1ccc(/C(=C/C(=N)C(F)(F)F)Nc2ccccc2Cl)cc1. The van der Waals surface area contributed by atoms with E-state index in [4.69, 9.17) is 17.0 Å². The Labute approximate surface area is 159 Å². The molecule has 2 aromatic carbocycles. The van der Waals surface area contributed by atoms with Crippen molar-refractivity contribution in [1.29, 1.82) is 5.41 Å². The molecule has 4 nitrogen and oxygen atoms in total. The molecule has 0 saturated heterocycles. The zero-order valence-corrected chi connectivity index (χ0v) is 15.1. The van der Waals surface area contributed by atoms with E-state index in [0.717, 1.165) is 0 Å². The Bertz CT molecular complexity index is 861. The zero-order chi connectivity index (χ0) is 20.0. The lowest BCUT2D eigenvalue weighted by molar-refractivity contribution is -0.0583. The van der Waals surface area contributed by atoms with Crippen LogP contribution < -0.4 is 10.6 Å². The molecule has 0 bridgehead atoms. The molecule has 8 heteroatoms. The molecular formula is C19H17ClF3N3O. The van der Waals surface area contributed by atoms with E-state index in [1.807, 2.05) is 0 Å². The van der Waals surface area contributed by atoms with Gasteiger partial charge >= 0.3 is 6.18 Å². The molecule has 3 N–H and O–H groups in total. The minimum Gasteiger partial charge on any atom is -0.354 e. The maximum Gasteiger partial charge on any atom is 0.432 e. The second kappa shape index (κ2) is 8.73. The highest BCUT2D eigenvalue weighted by Crippen LogP contribution is 2.27. The molecule has 0 spiro atoms. The van der Waals surface area contributed by atoms with E-state index in [0.29, 0.717) is 34.5 Å². The van der Waals surface area contributed by atoms with Gasteiger partial charge in [0.2, 0.25) is 0 Å². The molecule has 0 aliphatic carbocycles. The molecule has 0 aliphatic rings. The standard InChI is InChI=1S/C19H17ClF3N3O/c1-2-25-18(27)13-9-7-12(8-10-13)16(11-17(24)19(21,22)23)26-15-6-4-3-5-14(15)20/h3-11,24,26H,2H2,1H3,(H,25,27)/b16-11-,24-17?. The van der Waals surface area contributed by atoms with E-state index in [-0.39, 0.29) is 11.6 Å². The number of rotatable bonds is 6. The molecular weight excluding hydrogens is 379 g/mol. The van der Waals surface area contributed by atoms with Gasteiger partial charge in [-0.25, -0.2) is 0 Å². The summed E-state index contributed by atoms with van der Waals surface area (Å²) in [6, 6.07) is 12.6. The summed E-state index contributed by atoms with van der Waals surface area (Å²) in [7, 11) is 0. The molecule has 0 unspecified atom stereocenters. The first-order valence-electron chi connectivity index (χ1n) is 8.00. The van der Waals surface area contributed by atoms with Crippen molar-refractivity contribution in [3.8, 4) is 0 Å². The maximum absolute atomic E-state index is 12.8. The average Bonchev–Trinajstić information content (AvgIpc) is 2.62. The van der Waals surface area contributed by atoms with Gasteiger partial charge in [-0.15, -0.1) is 0 Å². The lowest BCUT2D eigenvalue weighted by Crippen LogP contribution is -2.22. The van der Waals surface area contributed by atoms with Crippen molar-refractivity contribution in [2.24, 2.45) is 0 Å². The van der Waals surface area contributed by atoms with Crippen LogP contribution in [0.1, 0.15) is 22.8 Å². The van der Waals surface area contributed by atoms with E-state index in [9.17, 15) is 18.0 Å². The van der Waals surface area contributed by atoms with Gasteiger partial charge in [-0.3, -0.25) is 10.2 Å². The number of halogens is 4. The first-order chi connectivity index (χ1) is 12.7. The number of anilines is 1. The van der Waals surface area contributed by atoms with Crippen LogP contribution in [0.3, 0.4) is 0 Å². The summed E-state index contributed by atoms with van der Waals surface area (Å²) in [6.07, 6.45) is -4.10. The molecule has 0 heterocycles. The second-order valence-electron chi connectivity index (χ2n) is 5.51. The third kappa shape index (κ3) is 5.59. The Morgan fingerprint density at radius 2 is 1.70 bits per heavy atom. The van der Waals surface area contributed by atoms with Crippen molar-refractivity contribution < 1.29 is 18.0 Å². The van der Waals surface area contributed by atoms with Crippen LogP contribution in [-0.2, 0) is 0 Å². The number of hydrogen-bond acceptors (Lipinski definition) is 3. The van der Waals surface area contributed by atoms with Gasteiger partial charge in [0.15, 0.2) is 0 Å². The van der Waals surface area contributed by atoms with E-state index in [1.54, 1.807) is 31.2 Å². The number of carbonyl (C=O) groups is 1. The van der Waals surface area contributed by atoms with Gasteiger partial charge in [0.1, 0.15) is 5.71 Å². The number of carbonyl (C=O) groups excluding carboxylic acids is 1. The largest absolute Gasteiger partial charge is 0.432 e. The average molecular weight is 396 g/mol. The summed E-state index contributed by atoms with van der Waals surface area (Å²) in [4.78, 5) is 11.8. The smallest absolute Gasteiger partial charge is 0.354 e. The van der Waals surface area contributed by atoms with Gasteiger partial charge < -0.3 is 10.6 Å². The van der Waals surface area contributed by atoms with Gasteiger partial charge in [-0.1, -0.05) is 35.9 Å². The predicted molar refractivity (Wildman–Crippen MR) is 101 cm³/mol. The summed E-state index contributed by atoms with van der Waals surface area (Å²) in [5.41, 5.74) is -0.327. The fourth-order valence-corrected chi connectivity index (χ4v) is 2.37. The van der Waals surface area contributed by atoms with Gasteiger partial charge in [0.05, 0.1) is 10.7 Å². The van der Waals surface area contributed by atoms with Crippen LogP contribution in [0.25, 0.3) is 5.70 Å². The third-order valence-electron chi connectivity index (χ3n) is 3.53. The number of benzene rings is 2. The summed E-state index contributed by atoms with van der Waals surface area (Å²) in [6.45, 7) is 2.24. The van der Waals surface area contributed by atoms with Crippen LogP contribution in [0.2, 0.25) is 5.02 Å².